The van der Waals surface area contributed by atoms with Crippen LogP contribution in [-0.2, 0) is 6.18 Å². The Balaban J connectivity index is 0.00000166. The first-order chi connectivity index (χ1) is 14.9. The molecule has 0 amide bonds. The molecule has 0 aliphatic carbocycles. The number of benzene rings is 1. The van der Waals surface area contributed by atoms with E-state index in [1.807, 2.05) is 13.8 Å². The molecule has 2 heterocycles. The molecule has 1 aromatic heterocycles. The molecule has 6 heteroatoms. The highest BCUT2D eigenvalue weighted by molar-refractivity contribution is 5.89. The Hall–Kier alpha value is -2.44. The molecule has 1 aliphatic heterocycles. The van der Waals surface area contributed by atoms with E-state index in [1.54, 1.807) is 43.4 Å². The van der Waals surface area contributed by atoms with Crippen molar-refractivity contribution in [1.82, 2.24) is 10.3 Å². The first kappa shape index (κ1) is 24.8. The van der Waals surface area contributed by atoms with Crippen molar-refractivity contribution in [2.75, 3.05) is 6.54 Å². The molecule has 3 rings (SSSR count). The predicted molar refractivity (Wildman–Crippen MR) is 122 cm³/mol. The van der Waals surface area contributed by atoms with Crippen molar-refractivity contribution in [3.05, 3.63) is 72.0 Å². The molecule has 1 aliphatic rings. The lowest BCUT2D eigenvalue weighted by atomic mass is 9.91. The number of nitrogens with one attached hydrogen (secondary N) is 1. The fourth-order valence-corrected chi connectivity index (χ4v) is 3.76. The number of fused-ring (bicyclic) bond motifs is 1. The van der Waals surface area contributed by atoms with Crippen LogP contribution in [0.5, 0.6) is 0 Å². The van der Waals surface area contributed by atoms with Gasteiger partial charge in [-0.15, -0.1) is 0 Å². The van der Waals surface area contributed by atoms with E-state index in [0.29, 0.717) is 22.2 Å². The minimum Gasteiger partial charge on any atom is -0.387 e. The van der Waals surface area contributed by atoms with Gasteiger partial charge in [-0.3, -0.25) is 0 Å². The van der Waals surface area contributed by atoms with Crippen molar-refractivity contribution in [3.63, 3.8) is 0 Å². The summed E-state index contributed by atoms with van der Waals surface area (Å²) in [6, 6.07) is 5.49. The van der Waals surface area contributed by atoms with E-state index < -0.39 is 17.8 Å². The first-order valence-corrected chi connectivity index (χ1v) is 10.7. The Morgan fingerprint density at radius 1 is 1.29 bits per heavy atom. The van der Waals surface area contributed by atoms with Crippen molar-refractivity contribution in [3.8, 4) is 0 Å². The molecule has 0 bridgehead atoms. The molecule has 0 radical (unpaired) electrons. The second kappa shape index (κ2) is 11.3. The lowest BCUT2D eigenvalue weighted by molar-refractivity contribution is -0.136. The van der Waals surface area contributed by atoms with Gasteiger partial charge in [0.2, 0.25) is 0 Å². The molecular weight excluding hydrogens is 401 g/mol. The highest BCUT2D eigenvalue weighted by Crippen LogP contribution is 2.38. The summed E-state index contributed by atoms with van der Waals surface area (Å²) in [6.45, 7) is 10.2. The van der Waals surface area contributed by atoms with Crippen LogP contribution >= 0.6 is 0 Å². The Labute approximate surface area is 182 Å². The van der Waals surface area contributed by atoms with Crippen molar-refractivity contribution in [2.45, 2.75) is 58.4 Å². The van der Waals surface area contributed by atoms with Crippen molar-refractivity contribution in [1.29, 1.82) is 0 Å². The number of aliphatic hydroxyl groups is 1. The summed E-state index contributed by atoms with van der Waals surface area (Å²) in [4.78, 5) is 4.35. The fourth-order valence-electron chi connectivity index (χ4n) is 3.76. The normalized spacial score (nSPS) is 18.5. The standard InChI is InChI=1S/C23H25F3N2O.C2H6/c1-3-5-9-15(4-2)20-14-17(22(29)19-12-6-7-13-27-19)16-10-8-11-18(21(16)28-20)23(24,25)26;1-2/h3-5,8-11,14,19,22,27,29H,1,6-7,12-13H2,2H3;1-2H3/b9-5-,15-4+;. The fraction of sp³-hybridized carbons (Fsp3) is 0.400. The number of hydrogen-bond donors (Lipinski definition) is 2. The van der Waals surface area contributed by atoms with Gasteiger partial charge in [-0.2, -0.15) is 13.2 Å². The zero-order valence-corrected chi connectivity index (χ0v) is 18.3. The van der Waals surface area contributed by atoms with Gasteiger partial charge in [0.15, 0.2) is 0 Å². The summed E-state index contributed by atoms with van der Waals surface area (Å²) in [5, 5.41) is 14.7. The highest BCUT2D eigenvalue weighted by Gasteiger charge is 2.34. The van der Waals surface area contributed by atoms with E-state index in [4.69, 9.17) is 0 Å². The predicted octanol–water partition coefficient (Wildman–Crippen LogP) is 6.60. The Morgan fingerprint density at radius 3 is 2.61 bits per heavy atom. The number of aromatic nitrogens is 1. The quantitative estimate of drug-likeness (QED) is 0.523. The van der Waals surface area contributed by atoms with Crippen LogP contribution in [0.15, 0.2) is 55.1 Å². The maximum absolute atomic E-state index is 13.7. The maximum atomic E-state index is 13.7. The third-order valence-corrected chi connectivity index (χ3v) is 5.24. The molecule has 2 aromatic rings. The summed E-state index contributed by atoms with van der Waals surface area (Å²) < 4.78 is 41.0. The van der Waals surface area contributed by atoms with Gasteiger partial charge in [-0.05, 0) is 49.6 Å². The number of allylic oxidation sites excluding steroid dienone is 5. The van der Waals surface area contributed by atoms with Crippen molar-refractivity contribution < 1.29 is 18.3 Å². The lowest BCUT2D eigenvalue weighted by Crippen LogP contribution is -2.38. The Morgan fingerprint density at radius 2 is 2.03 bits per heavy atom. The van der Waals surface area contributed by atoms with Crippen LogP contribution in [0.25, 0.3) is 16.5 Å². The van der Waals surface area contributed by atoms with Crippen LogP contribution in [-0.4, -0.2) is 22.7 Å². The van der Waals surface area contributed by atoms with E-state index in [0.717, 1.165) is 31.9 Å². The van der Waals surface area contributed by atoms with Crippen molar-refractivity contribution in [2.24, 2.45) is 0 Å². The average Bonchev–Trinajstić information content (AvgIpc) is 2.79. The smallest absolute Gasteiger partial charge is 0.387 e. The van der Waals surface area contributed by atoms with Crippen LogP contribution in [0.3, 0.4) is 0 Å². The number of aliphatic hydroxyl groups excluding tert-OH is 1. The molecule has 168 valence electrons. The number of hydrogen-bond acceptors (Lipinski definition) is 3. The van der Waals surface area contributed by atoms with Crippen LogP contribution in [0.4, 0.5) is 13.2 Å². The third-order valence-electron chi connectivity index (χ3n) is 5.24. The molecule has 2 N–H and O–H groups in total. The minimum atomic E-state index is -4.54. The number of pyridine rings is 1. The first-order valence-electron chi connectivity index (χ1n) is 10.7. The number of halogens is 3. The molecule has 0 saturated carbocycles. The number of para-hydroxylation sites is 1. The van der Waals surface area contributed by atoms with Crippen LogP contribution < -0.4 is 5.32 Å². The van der Waals surface area contributed by atoms with E-state index in [2.05, 4.69) is 16.9 Å². The Bertz CT molecular complexity index is 942. The third kappa shape index (κ3) is 5.83. The van der Waals surface area contributed by atoms with Gasteiger partial charge in [0, 0.05) is 11.4 Å². The van der Waals surface area contributed by atoms with Gasteiger partial charge in [-0.1, -0.05) is 63.3 Å². The molecule has 1 saturated heterocycles. The van der Waals surface area contributed by atoms with E-state index in [1.165, 1.54) is 6.07 Å². The van der Waals surface area contributed by atoms with Gasteiger partial charge in [-0.25, -0.2) is 4.98 Å². The summed E-state index contributed by atoms with van der Waals surface area (Å²) in [6.07, 6.45) is 4.12. The zero-order valence-electron chi connectivity index (χ0n) is 18.3. The molecule has 2 unspecified atom stereocenters. The van der Waals surface area contributed by atoms with E-state index >= 15 is 0 Å². The van der Waals surface area contributed by atoms with Crippen LogP contribution in [0.1, 0.15) is 63.0 Å². The second-order valence-corrected chi connectivity index (χ2v) is 7.14. The molecule has 1 fully saturated rings. The number of piperidine rings is 1. The number of alkyl halides is 3. The average molecular weight is 433 g/mol. The summed E-state index contributed by atoms with van der Waals surface area (Å²) >= 11 is 0. The molecule has 1 aromatic carbocycles. The van der Waals surface area contributed by atoms with Crippen LogP contribution in [0, 0.1) is 0 Å². The lowest BCUT2D eigenvalue weighted by Gasteiger charge is -2.29. The topological polar surface area (TPSA) is 45.1 Å². The summed E-state index contributed by atoms with van der Waals surface area (Å²) in [5.41, 5.74) is 0.564. The zero-order chi connectivity index (χ0) is 23.0. The van der Waals surface area contributed by atoms with Gasteiger partial charge in [0.05, 0.1) is 22.9 Å². The molecule has 3 nitrogen and oxygen atoms in total. The van der Waals surface area contributed by atoms with Crippen LogP contribution in [0.2, 0.25) is 0 Å². The van der Waals surface area contributed by atoms with Crippen molar-refractivity contribution >= 4 is 16.5 Å². The maximum Gasteiger partial charge on any atom is 0.418 e. The number of nitrogens with zero attached hydrogens (tertiary/aromatic N) is 1. The molecule has 31 heavy (non-hydrogen) atoms. The molecule has 0 spiro atoms. The molecule has 2 atom stereocenters. The number of rotatable bonds is 5. The summed E-state index contributed by atoms with van der Waals surface area (Å²) in [5.74, 6) is 0. The SMILES string of the molecule is C=C/C=C\C(=C/C)c1cc(C(O)C2CCCCN2)c2cccc(C(F)(F)F)c2n1.CC. The Kier molecular flexibility index (Phi) is 9.01. The summed E-state index contributed by atoms with van der Waals surface area (Å²) in [7, 11) is 0. The second-order valence-electron chi connectivity index (χ2n) is 7.14. The van der Waals surface area contributed by atoms with E-state index in [-0.39, 0.29) is 11.6 Å². The molecular formula is C25H31F3N2O. The van der Waals surface area contributed by atoms with Gasteiger partial charge < -0.3 is 10.4 Å². The van der Waals surface area contributed by atoms with E-state index in [9.17, 15) is 18.3 Å². The van der Waals surface area contributed by atoms with Gasteiger partial charge in [0.25, 0.3) is 0 Å². The minimum absolute atomic E-state index is 0.145. The van der Waals surface area contributed by atoms with Gasteiger partial charge >= 0.3 is 6.18 Å². The highest BCUT2D eigenvalue weighted by atomic mass is 19.4. The largest absolute Gasteiger partial charge is 0.418 e. The van der Waals surface area contributed by atoms with Gasteiger partial charge in [0.1, 0.15) is 0 Å². The monoisotopic (exact) mass is 432 g/mol.